The van der Waals surface area contributed by atoms with Crippen LogP contribution in [0, 0.1) is 0 Å². The van der Waals surface area contributed by atoms with E-state index in [0.717, 1.165) is 0 Å². The molecule has 0 aliphatic heterocycles. The van der Waals surface area contributed by atoms with Gasteiger partial charge in [0.2, 0.25) is 0 Å². The van der Waals surface area contributed by atoms with Crippen LogP contribution in [0.2, 0.25) is 0 Å². The van der Waals surface area contributed by atoms with Crippen molar-refractivity contribution in [3.05, 3.63) is 0 Å². The second kappa shape index (κ2) is 4.75. The van der Waals surface area contributed by atoms with Crippen molar-refractivity contribution < 1.29 is 14.7 Å². The van der Waals surface area contributed by atoms with Crippen LogP contribution in [-0.2, 0) is 4.65 Å². The monoisotopic (exact) mass is 133 g/mol. The summed E-state index contributed by atoms with van der Waals surface area (Å²) in [5.74, 6) is 0. The normalized spacial score (nSPS) is 10.3. The van der Waals surface area contributed by atoms with E-state index in [9.17, 15) is 0 Å². The van der Waals surface area contributed by atoms with E-state index in [4.69, 9.17) is 10.0 Å². The molecule has 0 saturated carbocycles. The first-order chi connectivity index (χ1) is 4.13. The predicted octanol–water partition coefficient (Wildman–Crippen LogP) is -1.47. The Morgan fingerprint density at radius 3 is 2.33 bits per heavy atom. The molecule has 0 aliphatic rings. The van der Waals surface area contributed by atoms with Crippen molar-refractivity contribution in [1.82, 2.24) is 4.90 Å². The lowest BCUT2D eigenvalue weighted by atomic mass is 10.3. The Labute approximate surface area is 55.2 Å². The molecule has 0 aliphatic carbocycles. The fourth-order valence-corrected chi connectivity index (χ4v) is 0.341. The average molecular weight is 133 g/mol. The molecular weight excluding hydrogens is 121 g/mol. The summed E-state index contributed by atoms with van der Waals surface area (Å²) in [7, 11) is 2.13. The van der Waals surface area contributed by atoms with Crippen LogP contribution in [0.25, 0.3) is 0 Å². The highest BCUT2D eigenvalue weighted by molar-refractivity contribution is 6.32. The van der Waals surface area contributed by atoms with Crippen molar-refractivity contribution in [3.8, 4) is 0 Å². The van der Waals surface area contributed by atoms with Gasteiger partial charge in [0.05, 0.1) is 0 Å². The van der Waals surface area contributed by atoms with E-state index in [0.29, 0.717) is 13.2 Å². The molecule has 0 aromatic rings. The lowest BCUT2D eigenvalue weighted by molar-refractivity contribution is 0.169. The van der Waals surface area contributed by atoms with Crippen LogP contribution < -0.4 is 0 Å². The fourth-order valence-electron chi connectivity index (χ4n) is 0.341. The number of rotatable bonds is 4. The number of likely N-dealkylation sites (N-methyl/N-ethyl adjacent to an activating group) is 1. The highest BCUT2D eigenvalue weighted by Gasteiger charge is 2.06. The molecule has 0 bridgehead atoms. The Bertz CT molecular complexity index is 60.8. The zero-order chi connectivity index (χ0) is 7.28. The van der Waals surface area contributed by atoms with Crippen molar-refractivity contribution in [3.63, 3.8) is 0 Å². The quantitative estimate of drug-likeness (QED) is 0.460. The summed E-state index contributed by atoms with van der Waals surface area (Å²) in [5.41, 5.74) is 0. The van der Waals surface area contributed by atoms with Gasteiger partial charge in [-0.3, -0.25) is 0 Å². The molecule has 2 N–H and O–H groups in total. The predicted molar refractivity (Wildman–Crippen MR) is 34.7 cm³/mol. The zero-order valence-corrected chi connectivity index (χ0v) is 5.74. The summed E-state index contributed by atoms with van der Waals surface area (Å²) < 4.78 is 4.42. The Balaban J connectivity index is 2.91. The third-order valence-electron chi connectivity index (χ3n) is 0.805. The van der Waals surface area contributed by atoms with Crippen molar-refractivity contribution in [2.75, 3.05) is 27.2 Å². The molecule has 5 heteroatoms. The third kappa shape index (κ3) is 7.90. The lowest BCUT2D eigenvalue weighted by Gasteiger charge is -2.08. The summed E-state index contributed by atoms with van der Waals surface area (Å²) in [5, 5.41) is 16.4. The molecule has 0 rings (SSSR count). The summed E-state index contributed by atoms with van der Waals surface area (Å²) in [6, 6.07) is 0. The van der Waals surface area contributed by atoms with Crippen molar-refractivity contribution in [2.45, 2.75) is 0 Å². The van der Waals surface area contributed by atoms with E-state index in [1.165, 1.54) is 0 Å². The van der Waals surface area contributed by atoms with Crippen molar-refractivity contribution >= 4 is 7.32 Å². The summed E-state index contributed by atoms with van der Waals surface area (Å²) in [6.45, 7) is 1.03. The summed E-state index contributed by atoms with van der Waals surface area (Å²) in [4.78, 5) is 1.89. The third-order valence-corrected chi connectivity index (χ3v) is 0.805. The van der Waals surface area contributed by atoms with E-state index in [1.807, 2.05) is 19.0 Å². The number of hydrogen-bond acceptors (Lipinski definition) is 4. The van der Waals surface area contributed by atoms with E-state index >= 15 is 0 Å². The molecule has 0 atom stereocenters. The van der Waals surface area contributed by atoms with Crippen molar-refractivity contribution in [2.24, 2.45) is 0 Å². The van der Waals surface area contributed by atoms with Gasteiger partial charge in [0.25, 0.3) is 0 Å². The second-order valence-corrected chi connectivity index (χ2v) is 2.00. The van der Waals surface area contributed by atoms with Crippen molar-refractivity contribution in [1.29, 1.82) is 0 Å². The van der Waals surface area contributed by atoms with Crippen LogP contribution in [0.5, 0.6) is 0 Å². The van der Waals surface area contributed by atoms with Gasteiger partial charge in [-0.05, 0) is 14.1 Å². The Kier molecular flexibility index (Phi) is 4.70. The molecule has 4 nitrogen and oxygen atoms in total. The minimum Gasteiger partial charge on any atom is -0.402 e. The molecular formula is C4H12BNO3. The molecule has 0 fully saturated rings. The van der Waals surface area contributed by atoms with Crippen LogP contribution >= 0.6 is 0 Å². The minimum absolute atomic E-state index is 0.338. The Morgan fingerprint density at radius 2 is 2.00 bits per heavy atom. The maximum absolute atomic E-state index is 8.18. The molecule has 0 radical (unpaired) electrons. The largest absolute Gasteiger partial charge is 0.633 e. The molecule has 0 aromatic heterocycles. The molecule has 54 valence electrons. The van der Waals surface area contributed by atoms with Crippen LogP contribution in [0.3, 0.4) is 0 Å². The minimum atomic E-state index is -1.63. The van der Waals surface area contributed by atoms with Crippen LogP contribution in [0.4, 0.5) is 0 Å². The number of nitrogens with zero attached hydrogens (tertiary/aromatic N) is 1. The highest BCUT2D eigenvalue weighted by atomic mass is 16.6. The van der Waals surface area contributed by atoms with Crippen LogP contribution in [0.1, 0.15) is 0 Å². The van der Waals surface area contributed by atoms with Crippen LogP contribution in [0.15, 0.2) is 0 Å². The van der Waals surface area contributed by atoms with Gasteiger partial charge in [-0.2, -0.15) is 0 Å². The smallest absolute Gasteiger partial charge is 0.402 e. The topological polar surface area (TPSA) is 52.9 Å². The van der Waals surface area contributed by atoms with Gasteiger partial charge in [-0.15, -0.1) is 0 Å². The molecule has 0 heterocycles. The first-order valence-corrected chi connectivity index (χ1v) is 2.75. The van der Waals surface area contributed by atoms with Gasteiger partial charge in [-0.25, -0.2) is 0 Å². The van der Waals surface area contributed by atoms with Gasteiger partial charge in [-0.1, -0.05) is 0 Å². The molecule has 0 spiro atoms. The average Bonchev–Trinajstić information content (AvgIpc) is 1.63. The SMILES string of the molecule is CN(C)CCOB(O)O. The first-order valence-electron chi connectivity index (χ1n) is 2.75. The van der Waals surface area contributed by atoms with E-state index < -0.39 is 7.32 Å². The van der Waals surface area contributed by atoms with Gasteiger partial charge in [0.1, 0.15) is 0 Å². The van der Waals surface area contributed by atoms with E-state index in [1.54, 1.807) is 0 Å². The van der Waals surface area contributed by atoms with Gasteiger partial charge in [0.15, 0.2) is 0 Å². The number of hydrogen-bond donors (Lipinski definition) is 2. The summed E-state index contributed by atoms with van der Waals surface area (Å²) >= 11 is 0. The maximum Gasteiger partial charge on any atom is 0.633 e. The lowest BCUT2D eigenvalue weighted by Crippen LogP contribution is -2.24. The van der Waals surface area contributed by atoms with E-state index in [-0.39, 0.29) is 0 Å². The molecule has 0 amide bonds. The molecule has 0 unspecified atom stereocenters. The van der Waals surface area contributed by atoms with Gasteiger partial charge in [0, 0.05) is 13.2 Å². The Hall–Kier alpha value is -0.0951. The Morgan fingerprint density at radius 1 is 1.44 bits per heavy atom. The van der Waals surface area contributed by atoms with Crippen LogP contribution in [-0.4, -0.2) is 49.5 Å². The second-order valence-electron chi connectivity index (χ2n) is 2.00. The standard InChI is InChI=1S/C4H12BNO3/c1-6(2)3-4-9-5(7)8/h7-8H,3-4H2,1-2H3. The first kappa shape index (κ1) is 8.90. The zero-order valence-electron chi connectivity index (χ0n) is 5.74. The molecule has 0 aromatic carbocycles. The fraction of sp³-hybridized carbons (Fsp3) is 1.00. The molecule has 9 heavy (non-hydrogen) atoms. The maximum atomic E-state index is 8.18. The molecule has 0 saturated heterocycles. The van der Waals surface area contributed by atoms with E-state index in [2.05, 4.69) is 4.65 Å². The van der Waals surface area contributed by atoms with Gasteiger partial charge >= 0.3 is 7.32 Å². The summed E-state index contributed by atoms with van der Waals surface area (Å²) in [6.07, 6.45) is 0. The van der Waals surface area contributed by atoms with Gasteiger partial charge < -0.3 is 19.6 Å². The highest BCUT2D eigenvalue weighted by Crippen LogP contribution is 1.77.